The monoisotopic (exact) mass is 684 g/mol. The number of methoxy groups -OCH3 is 2. The molecule has 8 heteroatoms. The quantitative estimate of drug-likeness (QED) is 0.143. The summed E-state index contributed by atoms with van der Waals surface area (Å²) >= 11 is 2.33. The minimum absolute atomic E-state index is 0.00514. The molecular formula is C30H61IO5Si2. The van der Waals surface area contributed by atoms with Crippen LogP contribution in [0.15, 0.2) is 9.66 Å². The molecule has 1 saturated heterocycles. The van der Waals surface area contributed by atoms with Gasteiger partial charge in [0.05, 0.1) is 31.0 Å². The van der Waals surface area contributed by atoms with Crippen LogP contribution in [0, 0.1) is 11.8 Å². The maximum absolute atomic E-state index is 7.12. The summed E-state index contributed by atoms with van der Waals surface area (Å²) in [4.78, 5) is 0. The van der Waals surface area contributed by atoms with Crippen LogP contribution in [-0.4, -0.2) is 68.0 Å². The van der Waals surface area contributed by atoms with Crippen LogP contribution in [0.2, 0.25) is 36.3 Å². The van der Waals surface area contributed by atoms with Crippen LogP contribution in [-0.2, 0) is 23.1 Å². The Morgan fingerprint density at radius 3 is 1.97 bits per heavy atom. The van der Waals surface area contributed by atoms with Gasteiger partial charge in [-0.1, -0.05) is 83.6 Å². The van der Waals surface area contributed by atoms with Crippen molar-refractivity contribution in [3.63, 3.8) is 0 Å². The third-order valence-electron chi connectivity index (χ3n) is 9.34. The largest absolute Gasteiger partial charge is 0.414 e. The van der Waals surface area contributed by atoms with E-state index in [1.165, 1.54) is 5.57 Å². The Balaban J connectivity index is 3.32. The standard InChI is InChI=1S/C30H61IO5Si2/c1-21(16-22(2)19-31)17-24(32-10)28-25(33-11)18-23(3)27(35-28)26(36-38(14,15)30(7,8)9)20-34-37(12,13)29(4,5)6/h19,21,23-28H,16-18,20H2,1-15H3/b22-19+/t21-,23+,24-,25-,26-,27+,28+/m0/s1. The molecule has 0 unspecified atom stereocenters. The average molecular weight is 685 g/mol. The molecule has 1 aliphatic rings. The molecule has 0 saturated carbocycles. The lowest BCUT2D eigenvalue weighted by Gasteiger charge is -2.49. The first-order chi connectivity index (χ1) is 17.2. The Morgan fingerprint density at radius 1 is 0.974 bits per heavy atom. The fourth-order valence-electron chi connectivity index (χ4n) is 4.75. The van der Waals surface area contributed by atoms with Gasteiger partial charge in [0.25, 0.3) is 0 Å². The van der Waals surface area contributed by atoms with E-state index >= 15 is 0 Å². The maximum Gasteiger partial charge on any atom is 0.192 e. The molecule has 1 rings (SSSR count). The highest BCUT2D eigenvalue weighted by atomic mass is 127. The van der Waals surface area contributed by atoms with E-state index in [9.17, 15) is 0 Å². The summed E-state index contributed by atoms with van der Waals surface area (Å²) in [7, 11) is -0.413. The van der Waals surface area contributed by atoms with Crippen molar-refractivity contribution in [1.29, 1.82) is 0 Å². The van der Waals surface area contributed by atoms with Crippen molar-refractivity contribution in [2.24, 2.45) is 11.8 Å². The topological polar surface area (TPSA) is 46.2 Å². The molecule has 0 radical (unpaired) electrons. The second kappa shape index (κ2) is 14.7. The van der Waals surface area contributed by atoms with Crippen LogP contribution in [0.1, 0.15) is 81.6 Å². The highest BCUT2D eigenvalue weighted by Crippen LogP contribution is 2.42. The van der Waals surface area contributed by atoms with Gasteiger partial charge in [-0.2, -0.15) is 0 Å². The van der Waals surface area contributed by atoms with E-state index in [0.717, 1.165) is 19.3 Å². The fourth-order valence-corrected chi connectivity index (χ4v) is 7.33. The summed E-state index contributed by atoms with van der Waals surface area (Å²) in [5.41, 5.74) is 1.40. The van der Waals surface area contributed by atoms with Crippen molar-refractivity contribution in [3.05, 3.63) is 9.66 Å². The van der Waals surface area contributed by atoms with E-state index < -0.39 is 16.6 Å². The van der Waals surface area contributed by atoms with Gasteiger partial charge < -0.3 is 23.1 Å². The lowest BCUT2D eigenvalue weighted by atomic mass is 9.84. The van der Waals surface area contributed by atoms with E-state index in [1.807, 2.05) is 7.11 Å². The Morgan fingerprint density at radius 2 is 1.53 bits per heavy atom. The van der Waals surface area contributed by atoms with Crippen molar-refractivity contribution in [3.8, 4) is 0 Å². The molecule has 7 atom stereocenters. The van der Waals surface area contributed by atoms with Crippen LogP contribution in [0.4, 0.5) is 0 Å². The number of rotatable bonds is 13. The predicted molar refractivity (Wildman–Crippen MR) is 175 cm³/mol. The van der Waals surface area contributed by atoms with Gasteiger partial charge >= 0.3 is 0 Å². The summed E-state index contributed by atoms with van der Waals surface area (Å²) < 4.78 is 35.2. The van der Waals surface area contributed by atoms with Gasteiger partial charge in [-0.25, -0.2) is 0 Å². The van der Waals surface area contributed by atoms with Gasteiger partial charge in [0, 0.05) is 14.2 Å². The molecule has 5 nitrogen and oxygen atoms in total. The van der Waals surface area contributed by atoms with Crippen LogP contribution >= 0.6 is 22.6 Å². The molecule has 1 aliphatic heterocycles. The smallest absolute Gasteiger partial charge is 0.192 e. The maximum atomic E-state index is 7.12. The van der Waals surface area contributed by atoms with E-state index in [4.69, 9.17) is 23.1 Å². The average Bonchev–Trinajstić information content (AvgIpc) is 2.78. The van der Waals surface area contributed by atoms with Crippen LogP contribution < -0.4 is 0 Å². The van der Waals surface area contributed by atoms with Crippen molar-refractivity contribution in [2.45, 2.75) is 148 Å². The second-order valence-corrected chi connectivity index (χ2v) is 25.0. The first-order valence-corrected chi connectivity index (χ1v) is 21.6. The molecule has 1 fully saturated rings. The Kier molecular flexibility index (Phi) is 14.2. The number of ether oxygens (including phenoxy) is 3. The van der Waals surface area contributed by atoms with E-state index in [0.29, 0.717) is 12.5 Å². The first-order valence-electron chi connectivity index (χ1n) is 14.5. The van der Waals surface area contributed by atoms with Crippen LogP contribution in [0.3, 0.4) is 0 Å². The first kappa shape index (κ1) is 36.7. The Hall–Kier alpha value is 0.704. The van der Waals surface area contributed by atoms with Crippen molar-refractivity contribution in [1.82, 2.24) is 0 Å². The van der Waals surface area contributed by atoms with Gasteiger partial charge in [0.2, 0.25) is 0 Å². The second-order valence-electron chi connectivity index (χ2n) is 14.8. The number of halogens is 1. The highest BCUT2D eigenvalue weighted by molar-refractivity contribution is 14.1. The molecule has 0 spiro atoms. The number of hydrogen-bond acceptors (Lipinski definition) is 5. The lowest BCUT2D eigenvalue weighted by molar-refractivity contribution is -0.216. The molecule has 0 bridgehead atoms. The highest BCUT2D eigenvalue weighted by Gasteiger charge is 2.48. The molecule has 38 heavy (non-hydrogen) atoms. The minimum Gasteiger partial charge on any atom is -0.414 e. The zero-order valence-corrected chi connectivity index (χ0v) is 31.5. The summed E-state index contributed by atoms with van der Waals surface area (Å²) in [5, 5.41) is 0.238. The molecule has 226 valence electrons. The van der Waals surface area contributed by atoms with Crippen molar-refractivity contribution >= 4 is 39.2 Å². The van der Waals surface area contributed by atoms with E-state index in [-0.39, 0.29) is 46.5 Å². The molecular weight excluding hydrogens is 623 g/mol. The van der Waals surface area contributed by atoms with E-state index in [2.05, 4.69) is 115 Å². The predicted octanol–water partition coefficient (Wildman–Crippen LogP) is 8.98. The SMILES string of the molecule is CO[C@@H](C[C@@H](C)C/C(C)=C/I)[C@H]1O[C@@H]([C@H](CO[Si](C)(C)C(C)(C)C)O[Si](C)(C)C(C)(C)C)[C@H](C)C[C@@H]1OC. The molecule has 0 aromatic heterocycles. The fraction of sp³-hybridized carbons (Fsp3) is 0.933. The molecule has 0 aromatic rings. The summed E-state index contributed by atoms with van der Waals surface area (Å²) in [6.45, 7) is 30.4. The van der Waals surface area contributed by atoms with Gasteiger partial charge in [-0.05, 0) is 78.4 Å². The summed E-state index contributed by atoms with van der Waals surface area (Å²) in [6, 6.07) is 0. The normalized spacial score (nSPS) is 26.8. The van der Waals surface area contributed by atoms with Gasteiger partial charge in [-0.15, -0.1) is 0 Å². The Bertz CT molecular complexity index is 744. The van der Waals surface area contributed by atoms with E-state index in [1.54, 1.807) is 7.11 Å². The van der Waals surface area contributed by atoms with Crippen molar-refractivity contribution in [2.75, 3.05) is 20.8 Å². The van der Waals surface area contributed by atoms with Crippen LogP contribution in [0.25, 0.3) is 0 Å². The van der Waals surface area contributed by atoms with Gasteiger partial charge in [0.15, 0.2) is 16.6 Å². The van der Waals surface area contributed by atoms with Crippen LogP contribution in [0.5, 0.6) is 0 Å². The van der Waals surface area contributed by atoms with Crippen molar-refractivity contribution < 1.29 is 23.1 Å². The third kappa shape index (κ3) is 10.2. The third-order valence-corrected chi connectivity index (χ3v) is 19.4. The Labute approximate surface area is 251 Å². The number of allylic oxidation sites excluding steroid dienone is 1. The lowest BCUT2D eigenvalue weighted by Crippen LogP contribution is -2.58. The van der Waals surface area contributed by atoms with Gasteiger partial charge in [-0.3, -0.25) is 0 Å². The zero-order valence-electron chi connectivity index (χ0n) is 27.4. The summed E-state index contributed by atoms with van der Waals surface area (Å²) in [5.74, 6) is 0.777. The molecule has 0 aromatic carbocycles. The minimum atomic E-state index is -2.07. The molecule has 0 amide bonds. The molecule has 1 heterocycles. The van der Waals surface area contributed by atoms with Gasteiger partial charge in [0.1, 0.15) is 6.10 Å². The molecule has 0 aliphatic carbocycles. The summed E-state index contributed by atoms with van der Waals surface area (Å²) in [6.07, 6.45) is 2.52. The molecule has 0 N–H and O–H groups in total. The zero-order chi connectivity index (χ0) is 29.7. The number of hydrogen-bond donors (Lipinski definition) is 0.